The van der Waals surface area contributed by atoms with Gasteiger partial charge in [-0.2, -0.15) is 8.42 Å². The molecule has 4 saturated carbocycles. The van der Waals surface area contributed by atoms with Gasteiger partial charge in [0.2, 0.25) is 0 Å². The molecule has 8 unspecified atom stereocenters. The number of aliphatic hydroxyl groups is 2. The van der Waals surface area contributed by atoms with E-state index in [1.54, 1.807) is 0 Å². The largest absolute Gasteiger partial charge is 0.393 e. The molecule has 0 aromatic rings. The Balaban J connectivity index is 1.40. The summed E-state index contributed by atoms with van der Waals surface area (Å²) in [6, 6.07) is 0. The van der Waals surface area contributed by atoms with Crippen molar-refractivity contribution >= 4 is 21.7 Å². The summed E-state index contributed by atoms with van der Waals surface area (Å²) < 4.78 is 30.4. The van der Waals surface area contributed by atoms with Crippen molar-refractivity contribution in [2.75, 3.05) is 5.75 Å². The third-order valence-corrected chi connectivity index (χ3v) is 11.4. The Labute approximate surface area is 203 Å². The Morgan fingerprint density at radius 3 is 2.35 bits per heavy atom. The maximum absolute atomic E-state index is 13.2. The zero-order valence-corrected chi connectivity index (χ0v) is 21.4. The highest BCUT2D eigenvalue weighted by atomic mass is 32.2. The molecule has 0 aromatic carbocycles. The SMILES string of the molecule is CC12C(O)CC3C(CCC4CC(O)CC[C@@]43C)C1CCC2C(=O)CCC(=O)CCCS(=O)(=O)O. The van der Waals surface area contributed by atoms with Crippen molar-refractivity contribution < 1.29 is 32.8 Å². The number of hydrogen-bond acceptors (Lipinski definition) is 6. The van der Waals surface area contributed by atoms with Crippen molar-refractivity contribution in [1.29, 1.82) is 0 Å². The van der Waals surface area contributed by atoms with Crippen LogP contribution in [0.25, 0.3) is 0 Å². The van der Waals surface area contributed by atoms with Gasteiger partial charge in [-0.25, -0.2) is 0 Å². The molecular weight excluding hydrogens is 456 g/mol. The van der Waals surface area contributed by atoms with E-state index < -0.39 is 27.4 Å². The van der Waals surface area contributed by atoms with E-state index in [0.29, 0.717) is 23.7 Å². The number of Topliss-reactive ketones (excluding diaryl/α,β-unsaturated/α-hetero) is 2. The summed E-state index contributed by atoms with van der Waals surface area (Å²) in [7, 11) is -4.08. The second-order valence-corrected chi connectivity index (χ2v) is 13.8. The van der Waals surface area contributed by atoms with Crippen LogP contribution < -0.4 is 0 Å². The van der Waals surface area contributed by atoms with E-state index in [0.717, 1.165) is 51.4 Å². The van der Waals surface area contributed by atoms with Crippen molar-refractivity contribution in [2.45, 2.75) is 103 Å². The molecule has 0 amide bonds. The van der Waals surface area contributed by atoms with Gasteiger partial charge >= 0.3 is 0 Å². The van der Waals surface area contributed by atoms with E-state index in [9.17, 15) is 28.2 Å². The van der Waals surface area contributed by atoms with Crippen LogP contribution in [-0.4, -0.2) is 52.7 Å². The average molecular weight is 499 g/mol. The van der Waals surface area contributed by atoms with E-state index in [2.05, 4.69) is 13.8 Å². The molecule has 4 rings (SSSR count). The minimum absolute atomic E-state index is 0.0401. The lowest BCUT2D eigenvalue weighted by atomic mass is 9.44. The summed E-state index contributed by atoms with van der Waals surface area (Å²) in [4.78, 5) is 25.4. The van der Waals surface area contributed by atoms with Crippen molar-refractivity contribution in [3.63, 3.8) is 0 Å². The lowest BCUT2D eigenvalue weighted by molar-refractivity contribution is -0.174. The standard InChI is InChI=1S/C26H42O7S/c1-25-12-11-18(28)14-16(25)5-7-19-20-8-9-21(26(20,2)24(30)15-22(19)25)23(29)10-6-17(27)4-3-13-34(31,32)33/h16,18-22,24,28,30H,3-15H2,1-2H3,(H,31,32,33)/t16?,18?,19?,20?,21?,22?,24?,25-,26?/m0/s1. The number of fused-ring (bicyclic) bond motifs is 5. The minimum Gasteiger partial charge on any atom is -0.393 e. The van der Waals surface area contributed by atoms with Crippen LogP contribution in [0, 0.1) is 40.4 Å². The zero-order chi connectivity index (χ0) is 24.9. The molecule has 7 nitrogen and oxygen atoms in total. The van der Waals surface area contributed by atoms with Gasteiger partial charge in [-0.05, 0) is 86.9 Å². The number of carbonyl (C=O) groups is 2. The fourth-order valence-electron chi connectivity index (χ4n) is 8.74. The Kier molecular flexibility index (Phi) is 7.38. The first-order valence-corrected chi connectivity index (χ1v) is 14.8. The topological polar surface area (TPSA) is 129 Å². The van der Waals surface area contributed by atoms with Gasteiger partial charge in [0.1, 0.15) is 11.6 Å². The Morgan fingerprint density at radius 2 is 1.65 bits per heavy atom. The van der Waals surface area contributed by atoms with E-state index >= 15 is 0 Å². The highest BCUT2D eigenvalue weighted by Gasteiger charge is 2.64. The van der Waals surface area contributed by atoms with Crippen LogP contribution in [-0.2, 0) is 19.7 Å². The van der Waals surface area contributed by atoms with Crippen LogP contribution in [0.2, 0.25) is 0 Å². The number of ketones is 2. The molecule has 0 bridgehead atoms. The lowest BCUT2D eigenvalue weighted by Gasteiger charge is -2.62. The quantitative estimate of drug-likeness (QED) is 0.436. The van der Waals surface area contributed by atoms with E-state index in [1.807, 2.05) is 0 Å². The third-order valence-electron chi connectivity index (χ3n) is 10.6. The van der Waals surface area contributed by atoms with Gasteiger partial charge in [0.15, 0.2) is 0 Å². The molecular formula is C26H42O7S. The number of rotatable bonds is 8. The Bertz CT molecular complexity index is 901. The molecule has 3 N–H and O–H groups in total. The van der Waals surface area contributed by atoms with Gasteiger partial charge in [0.25, 0.3) is 10.1 Å². The first-order valence-electron chi connectivity index (χ1n) is 13.2. The molecule has 0 heterocycles. The van der Waals surface area contributed by atoms with E-state index in [-0.39, 0.29) is 54.7 Å². The normalized spacial score (nSPS) is 44.1. The minimum atomic E-state index is -4.08. The maximum Gasteiger partial charge on any atom is 0.264 e. The van der Waals surface area contributed by atoms with Crippen molar-refractivity contribution in [2.24, 2.45) is 40.4 Å². The lowest BCUT2D eigenvalue weighted by Crippen LogP contribution is -2.59. The van der Waals surface area contributed by atoms with Crippen LogP contribution in [0.1, 0.15) is 90.9 Å². The fraction of sp³-hybridized carbons (Fsp3) is 0.923. The molecule has 194 valence electrons. The maximum atomic E-state index is 13.2. The monoisotopic (exact) mass is 498 g/mol. The Hall–Kier alpha value is -0.830. The van der Waals surface area contributed by atoms with Gasteiger partial charge in [0.05, 0.1) is 18.0 Å². The molecule has 4 aliphatic rings. The highest BCUT2D eigenvalue weighted by molar-refractivity contribution is 7.85. The van der Waals surface area contributed by atoms with Gasteiger partial charge in [-0.15, -0.1) is 0 Å². The molecule has 0 aliphatic heterocycles. The molecule has 0 spiro atoms. The summed E-state index contributed by atoms with van der Waals surface area (Å²) in [6.07, 6.45) is 6.97. The third kappa shape index (κ3) is 4.76. The summed E-state index contributed by atoms with van der Waals surface area (Å²) in [5.74, 6) is 0.971. The number of aliphatic hydroxyl groups excluding tert-OH is 2. The highest BCUT2D eigenvalue weighted by Crippen LogP contribution is 2.67. The molecule has 0 saturated heterocycles. The van der Waals surface area contributed by atoms with Crippen molar-refractivity contribution in [3.8, 4) is 0 Å². The smallest absolute Gasteiger partial charge is 0.264 e. The second-order valence-electron chi connectivity index (χ2n) is 12.2. The summed E-state index contributed by atoms with van der Waals surface area (Å²) in [5, 5.41) is 21.7. The average Bonchev–Trinajstić information content (AvgIpc) is 3.11. The molecule has 34 heavy (non-hydrogen) atoms. The zero-order valence-electron chi connectivity index (χ0n) is 20.6. The second kappa shape index (κ2) is 9.56. The number of hydrogen-bond donors (Lipinski definition) is 3. The molecule has 0 aromatic heterocycles. The fourth-order valence-corrected chi connectivity index (χ4v) is 9.25. The van der Waals surface area contributed by atoms with Gasteiger partial charge in [-0.1, -0.05) is 13.8 Å². The molecule has 4 aliphatic carbocycles. The van der Waals surface area contributed by atoms with Crippen LogP contribution in [0.15, 0.2) is 0 Å². The van der Waals surface area contributed by atoms with E-state index in [1.165, 1.54) is 0 Å². The van der Waals surface area contributed by atoms with Crippen LogP contribution in [0.5, 0.6) is 0 Å². The van der Waals surface area contributed by atoms with Crippen molar-refractivity contribution in [1.82, 2.24) is 0 Å². The first kappa shape index (κ1) is 26.2. The van der Waals surface area contributed by atoms with Crippen LogP contribution in [0.3, 0.4) is 0 Å². The van der Waals surface area contributed by atoms with Gasteiger partial charge in [0, 0.05) is 30.6 Å². The van der Waals surface area contributed by atoms with Gasteiger partial charge in [-0.3, -0.25) is 14.1 Å². The predicted octanol–water partition coefficient (Wildman–Crippen LogP) is 3.56. The molecule has 0 radical (unpaired) electrons. The first-order chi connectivity index (χ1) is 15.9. The number of carbonyl (C=O) groups excluding carboxylic acids is 2. The Morgan fingerprint density at radius 1 is 0.912 bits per heavy atom. The summed E-state index contributed by atoms with van der Waals surface area (Å²) in [6.45, 7) is 4.47. The van der Waals surface area contributed by atoms with Crippen LogP contribution >= 0.6 is 0 Å². The van der Waals surface area contributed by atoms with Crippen molar-refractivity contribution in [3.05, 3.63) is 0 Å². The predicted molar refractivity (Wildman–Crippen MR) is 128 cm³/mol. The molecule has 9 atom stereocenters. The van der Waals surface area contributed by atoms with Crippen LogP contribution in [0.4, 0.5) is 0 Å². The van der Waals surface area contributed by atoms with Gasteiger partial charge < -0.3 is 10.2 Å². The summed E-state index contributed by atoms with van der Waals surface area (Å²) >= 11 is 0. The molecule has 4 fully saturated rings. The molecule has 8 heteroatoms. The summed E-state index contributed by atoms with van der Waals surface area (Å²) in [5.41, 5.74) is -0.301. The van der Waals surface area contributed by atoms with E-state index in [4.69, 9.17) is 4.55 Å².